The van der Waals surface area contributed by atoms with E-state index in [1.54, 1.807) is 30.3 Å². The van der Waals surface area contributed by atoms with E-state index in [0.29, 0.717) is 5.69 Å². The molecule has 0 saturated carbocycles. The van der Waals surface area contributed by atoms with Crippen molar-refractivity contribution < 1.29 is 8.42 Å². The molecule has 1 N–H and O–H groups in total. The van der Waals surface area contributed by atoms with Gasteiger partial charge in [-0.05, 0) is 42.8 Å². The van der Waals surface area contributed by atoms with Crippen LogP contribution in [0, 0.1) is 6.92 Å². The van der Waals surface area contributed by atoms with Crippen LogP contribution >= 0.6 is 27.5 Å². The molecule has 2 aromatic rings. The number of halogens is 2. The molecule has 0 heterocycles. The van der Waals surface area contributed by atoms with Gasteiger partial charge in [-0.25, -0.2) is 8.42 Å². The second kappa shape index (κ2) is 5.53. The van der Waals surface area contributed by atoms with Crippen molar-refractivity contribution in [1.29, 1.82) is 0 Å². The molecular formula is C13H11BrClNO2S. The zero-order chi connectivity index (χ0) is 14.0. The molecule has 0 aliphatic carbocycles. The Kier molecular flexibility index (Phi) is 4.18. The fourth-order valence-electron chi connectivity index (χ4n) is 1.67. The number of hydrogen-bond acceptors (Lipinski definition) is 2. The Labute approximate surface area is 125 Å². The highest BCUT2D eigenvalue weighted by molar-refractivity contribution is 9.10. The quantitative estimate of drug-likeness (QED) is 0.891. The van der Waals surface area contributed by atoms with E-state index in [1.165, 1.54) is 6.07 Å². The van der Waals surface area contributed by atoms with Crippen LogP contribution in [0.25, 0.3) is 0 Å². The summed E-state index contributed by atoms with van der Waals surface area (Å²) < 4.78 is 27.8. The van der Waals surface area contributed by atoms with E-state index in [9.17, 15) is 8.42 Å². The van der Waals surface area contributed by atoms with Crippen LogP contribution in [-0.2, 0) is 10.0 Å². The molecular weight excluding hydrogens is 350 g/mol. The topological polar surface area (TPSA) is 46.2 Å². The van der Waals surface area contributed by atoms with E-state index in [-0.39, 0.29) is 9.92 Å². The zero-order valence-electron chi connectivity index (χ0n) is 10.0. The molecule has 0 aliphatic rings. The first-order valence-corrected chi connectivity index (χ1v) is 8.08. The molecule has 19 heavy (non-hydrogen) atoms. The van der Waals surface area contributed by atoms with Crippen LogP contribution in [0.4, 0.5) is 5.69 Å². The smallest absolute Gasteiger partial charge is 0.263 e. The molecule has 0 saturated heterocycles. The minimum Gasteiger partial charge on any atom is -0.280 e. The number of benzene rings is 2. The summed E-state index contributed by atoms with van der Waals surface area (Å²) in [6.07, 6.45) is 0. The molecule has 0 aliphatic heterocycles. The standard InChI is InChI=1S/C13H11BrClNO2S/c1-9-6-10(14)8-11(7-9)16-19(17,18)13-5-3-2-4-12(13)15/h2-8,16H,1H3. The van der Waals surface area contributed by atoms with Crippen molar-refractivity contribution in [2.45, 2.75) is 11.8 Å². The molecule has 0 fully saturated rings. The summed E-state index contributed by atoms with van der Waals surface area (Å²) in [6.45, 7) is 1.89. The predicted octanol–water partition coefficient (Wildman–Crippen LogP) is 4.21. The summed E-state index contributed by atoms with van der Waals surface area (Å²) in [5, 5.41) is 0.196. The summed E-state index contributed by atoms with van der Waals surface area (Å²) in [7, 11) is -3.68. The van der Waals surface area contributed by atoms with Crippen LogP contribution in [0.5, 0.6) is 0 Å². The lowest BCUT2D eigenvalue weighted by atomic mass is 10.2. The first kappa shape index (κ1) is 14.4. The molecule has 0 atom stereocenters. The Hall–Kier alpha value is -1.04. The third-order valence-corrected chi connectivity index (χ3v) is 4.76. The Morgan fingerprint density at radius 2 is 1.84 bits per heavy atom. The highest BCUT2D eigenvalue weighted by Gasteiger charge is 2.17. The maximum Gasteiger partial charge on any atom is 0.263 e. The van der Waals surface area contributed by atoms with Crippen LogP contribution in [0.1, 0.15) is 5.56 Å². The van der Waals surface area contributed by atoms with Crippen molar-refractivity contribution in [2.75, 3.05) is 4.72 Å². The summed E-state index contributed by atoms with van der Waals surface area (Å²) in [5.74, 6) is 0. The second-order valence-corrected chi connectivity index (χ2v) is 7.03. The Bertz CT molecular complexity index is 696. The van der Waals surface area contributed by atoms with Crippen molar-refractivity contribution in [3.63, 3.8) is 0 Å². The lowest BCUT2D eigenvalue weighted by Gasteiger charge is -2.10. The fraction of sp³-hybridized carbons (Fsp3) is 0.0769. The molecule has 100 valence electrons. The van der Waals surface area contributed by atoms with Gasteiger partial charge < -0.3 is 0 Å². The molecule has 2 rings (SSSR count). The number of nitrogens with one attached hydrogen (secondary N) is 1. The normalized spacial score (nSPS) is 11.3. The van der Waals surface area contributed by atoms with Gasteiger partial charge in [0.2, 0.25) is 0 Å². The molecule has 2 aromatic carbocycles. The van der Waals surface area contributed by atoms with E-state index in [2.05, 4.69) is 20.7 Å². The zero-order valence-corrected chi connectivity index (χ0v) is 13.2. The van der Waals surface area contributed by atoms with Gasteiger partial charge in [0.05, 0.1) is 10.7 Å². The lowest BCUT2D eigenvalue weighted by Crippen LogP contribution is -2.13. The van der Waals surface area contributed by atoms with Crippen molar-refractivity contribution in [3.8, 4) is 0 Å². The van der Waals surface area contributed by atoms with Gasteiger partial charge in [0.25, 0.3) is 10.0 Å². The summed E-state index contributed by atoms with van der Waals surface area (Å²) in [6, 6.07) is 11.7. The van der Waals surface area contributed by atoms with Gasteiger partial charge in [0, 0.05) is 4.47 Å². The maximum absolute atomic E-state index is 12.2. The molecule has 3 nitrogen and oxygen atoms in total. The third kappa shape index (κ3) is 3.49. The van der Waals surface area contributed by atoms with Crippen molar-refractivity contribution >= 4 is 43.2 Å². The number of hydrogen-bond donors (Lipinski definition) is 1. The predicted molar refractivity (Wildman–Crippen MR) is 81.1 cm³/mol. The average Bonchev–Trinajstić information content (AvgIpc) is 2.26. The van der Waals surface area contributed by atoms with Gasteiger partial charge in [-0.15, -0.1) is 0 Å². The maximum atomic E-state index is 12.2. The van der Waals surface area contributed by atoms with Crippen LogP contribution in [0.2, 0.25) is 5.02 Å². The Morgan fingerprint density at radius 3 is 2.47 bits per heavy atom. The summed E-state index contributed by atoms with van der Waals surface area (Å²) in [4.78, 5) is 0.0642. The van der Waals surface area contributed by atoms with Gasteiger partial charge in [-0.1, -0.05) is 39.7 Å². The molecule has 0 spiro atoms. The Morgan fingerprint density at radius 1 is 1.16 bits per heavy atom. The first-order chi connectivity index (χ1) is 8.88. The molecule has 0 radical (unpaired) electrons. The van der Waals surface area contributed by atoms with Gasteiger partial charge in [-0.3, -0.25) is 4.72 Å². The largest absolute Gasteiger partial charge is 0.280 e. The first-order valence-electron chi connectivity index (χ1n) is 5.43. The number of rotatable bonds is 3. The lowest BCUT2D eigenvalue weighted by molar-refractivity contribution is 0.601. The highest BCUT2D eigenvalue weighted by Crippen LogP contribution is 2.25. The van der Waals surface area contributed by atoms with Crippen LogP contribution in [0.3, 0.4) is 0 Å². The van der Waals surface area contributed by atoms with E-state index in [4.69, 9.17) is 11.6 Å². The van der Waals surface area contributed by atoms with E-state index in [1.807, 2.05) is 13.0 Å². The van der Waals surface area contributed by atoms with Crippen molar-refractivity contribution in [2.24, 2.45) is 0 Å². The van der Waals surface area contributed by atoms with E-state index >= 15 is 0 Å². The highest BCUT2D eigenvalue weighted by atomic mass is 79.9. The van der Waals surface area contributed by atoms with Gasteiger partial charge in [-0.2, -0.15) is 0 Å². The molecule has 0 unspecified atom stereocenters. The summed E-state index contributed by atoms with van der Waals surface area (Å²) in [5.41, 5.74) is 1.44. The fourth-order valence-corrected chi connectivity index (χ4v) is 3.84. The van der Waals surface area contributed by atoms with E-state index in [0.717, 1.165) is 10.0 Å². The van der Waals surface area contributed by atoms with Crippen molar-refractivity contribution in [3.05, 3.63) is 57.5 Å². The summed E-state index contributed by atoms with van der Waals surface area (Å²) >= 11 is 9.24. The van der Waals surface area contributed by atoms with Crippen LogP contribution in [-0.4, -0.2) is 8.42 Å². The molecule has 0 aromatic heterocycles. The Balaban J connectivity index is 2.39. The van der Waals surface area contributed by atoms with Gasteiger partial charge in [0.15, 0.2) is 0 Å². The number of anilines is 1. The van der Waals surface area contributed by atoms with E-state index < -0.39 is 10.0 Å². The van der Waals surface area contributed by atoms with Crippen LogP contribution < -0.4 is 4.72 Å². The number of aryl methyl sites for hydroxylation is 1. The molecule has 6 heteroatoms. The monoisotopic (exact) mass is 359 g/mol. The third-order valence-electron chi connectivity index (χ3n) is 2.42. The van der Waals surface area contributed by atoms with Crippen LogP contribution in [0.15, 0.2) is 51.8 Å². The minimum absolute atomic E-state index is 0.0642. The average molecular weight is 361 g/mol. The minimum atomic E-state index is -3.68. The van der Waals surface area contributed by atoms with Crippen molar-refractivity contribution in [1.82, 2.24) is 0 Å². The SMILES string of the molecule is Cc1cc(Br)cc(NS(=O)(=O)c2ccccc2Cl)c1. The van der Waals surface area contributed by atoms with Gasteiger partial charge in [0.1, 0.15) is 4.90 Å². The number of sulfonamides is 1. The van der Waals surface area contributed by atoms with Gasteiger partial charge >= 0.3 is 0 Å². The second-order valence-electron chi connectivity index (χ2n) is 4.05. The molecule has 0 bridgehead atoms. The molecule has 0 amide bonds.